The molecular formula is C16H12N2OS. The van der Waals surface area contributed by atoms with Crippen molar-refractivity contribution < 1.29 is 0 Å². The van der Waals surface area contributed by atoms with Crippen molar-refractivity contribution in [2.24, 2.45) is 0 Å². The minimum atomic E-state index is -0.133. The summed E-state index contributed by atoms with van der Waals surface area (Å²) < 4.78 is 2.15. The highest BCUT2D eigenvalue weighted by Crippen LogP contribution is 2.30. The van der Waals surface area contributed by atoms with E-state index in [0.717, 1.165) is 29.9 Å². The predicted octanol–water partition coefficient (Wildman–Crippen LogP) is 3.40. The molecule has 1 aliphatic heterocycles. The van der Waals surface area contributed by atoms with E-state index in [1.807, 2.05) is 30.3 Å². The van der Waals surface area contributed by atoms with E-state index >= 15 is 0 Å². The summed E-state index contributed by atoms with van der Waals surface area (Å²) in [5.41, 5.74) is 2.00. The number of allylic oxidation sites excluding steroid dienone is 1. The lowest BCUT2D eigenvalue weighted by Gasteiger charge is -2.07. The zero-order chi connectivity index (χ0) is 13.5. The van der Waals surface area contributed by atoms with Gasteiger partial charge in [-0.2, -0.15) is 4.98 Å². The van der Waals surface area contributed by atoms with Gasteiger partial charge < -0.3 is 4.57 Å². The van der Waals surface area contributed by atoms with Gasteiger partial charge in [-0.3, -0.25) is 4.79 Å². The van der Waals surface area contributed by atoms with Crippen LogP contribution in [0.4, 0.5) is 0 Å². The molecular weight excluding hydrogens is 268 g/mol. The molecule has 4 heteroatoms. The van der Waals surface area contributed by atoms with Crippen molar-refractivity contribution in [2.45, 2.75) is 13.0 Å². The van der Waals surface area contributed by atoms with Crippen LogP contribution in [0.15, 0.2) is 46.6 Å². The molecule has 0 saturated heterocycles. The maximum Gasteiger partial charge on any atom is 0.281 e. The smallest absolute Gasteiger partial charge is 0.281 e. The normalized spacial score (nSPS) is 15.9. The summed E-state index contributed by atoms with van der Waals surface area (Å²) in [4.78, 5) is 17.6. The van der Waals surface area contributed by atoms with Gasteiger partial charge in [0.05, 0.1) is 10.9 Å². The Morgan fingerprint density at radius 2 is 2.10 bits per heavy atom. The molecule has 0 saturated carbocycles. The second-order valence-corrected chi connectivity index (χ2v) is 5.82. The van der Waals surface area contributed by atoms with Crippen molar-refractivity contribution in [1.82, 2.24) is 9.55 Å². The number of aromatic nitrogens is 2. The maximum absolute atomic E-state index is 12.1. The van der Waals surface area contributed by atoms with Crippen molar-refractivity contribution in [3.05, 3.63) is 62.8 Å². The van der Waals surface area contributed by atoms with Gasteiger partial charge in [0, 0.05) is 11.4 Å². The van der Waals surface area contributed by atoms with Gasteiger partial charge in [-0.15, -0.1) is 11.3 Å². The summed E-state index contributed by atoms with van der Waals surface area (Å²) in [6.45, 7) is 0.889. The van der Waals surface area contributed by atoms with Crippen molar-refractivity contribution in [3.8, 4) is 0 Å². The lowest BCUT2D eigenvalue weighted by Crippen LogP contribution is -2.14. The number of benzene rings is 1. The van der Waals surface area contributed by atoms with Crippen LogP contribution in [0.25, 0.3) is 22.6 Å². The van der Waals surface area contributed by atoms with Gasteiger partial charge in [0.1, 0.15) is 5.82 Å². The fourth-order valence-electron chi connectivity index (χ4n) is 2.72. The molecule has 0 aliphatic carbocycles. The van der Waals surface area contributed by atoms with Gasteiger partial charge in [0.2, 0.25) is 0 Å². The largest absolute Gasteiger partial charge is 0.325 e. The number of para-hydroxylation sites is 1. The zero-order valence-corrected chi connectivity index (χ0v) is 11.6. The Hall–Kier alpha value is -2.20. The third-order valence-electron chi connectivity index (χ3n) is 3.64. The number of rotatable bonds is 1. The van der Waals surface area contributed by atoms with E-state index in [1.54, 1.807) is 11.3 Å². The zero-order valence-electron chi connectivity index (χ0n) is 10.7. The standard InChI is InChI=1S/C16H12N2OS/c19-16-13-5-1-2-6-14(13)18-8-7-11(15(18)17-16)10-12-4-3-9-20-12/h1-6,9-10H,7-8H2. The molecule has 3 aromatic rings. The van der Waals surface area contributed by atoms with E-state index in [1.165, 1.54) is 4.88 Å². The van der Waals surface area contributed by atoms with Gasteiger partial charge in [0.25, 0.3) is 5.56 Å². The topological polar surface area (TPSA) is 34.9 Å². The third-order valence-corrected chi connectivity index (χ3v) is 4.46. The first kappa shape index (κ1) is 11.6. The van der Waals surface area contributed by atoms with Crippen molar-refractivity contribution in [2.75, 3.05) is 0 Å². The number of nitrogens with zero attached hydrogens (tertiary/aromatic N) is 2. The average Bonchev–Trinajstić information content (AvgIpc) is 3.11. The van der Waals surface area contributed by atoms with E-state index in [4.69, 9.17) is 0 Å². The SMILES string of the molecule is O=c1nc2n(c3ccccc13)CCC2=Cc1cccs1. The van der Waals surface area contributed by atoms with E-state index in [-0.39, 0.29) is 5.56 Å². The molecule has 2 aromatic heterocycles. The molecule has 98 valence electrons. The Labute approximate surface area is 119 Å². The van der Waals surface area contributed by atoms with Crippen molar-refractivity contribution in [3.63, 3.8) is 0 Å². The van der Waals surface area contributed by atoms with Gasteiger partial charge >= 0.3 is 0 Å². The predicted molar refractivity (Wildman–Crippen MR) is 82.8 cm³/mol. The molecule has 0 atom stereocenters. The fourth-order valence-corrected chi connectivity index (χ4v) is 3.40. The Morgan fingerprint density at radius 3 is 2.95 bits per heavy atom. The summed E-state index contributed by atoms with van der Waals surface area (Å²) in [6.07, 6.45) is 3.07. The molecule has 0 spiro atoms. The molecule has 1 aromatic carbocycles. The minimum absolute atomic E-state index is 0.133. The number of aryl methyl sites for hydroxylation is 1. The minimum Gasteiger partial charge on any atom is -0.325 e. The van der Waals surface area contributed by atoms with Crippen LogP contribution in [0.3, 0.4) is 0 Å². The average molecular weight is 280 g/mol. The molecule has 3 nitrogen and oxygen atoms in total. The molecule has 0 amide bonds. The first-order valence-corrected chi connectivity index (χ1v) is 7.45. The van der Waals surface area contributed by atoms with E-state index in [9.17, 15) is 4.79 Å². The first-order valence-electron chi connectivity index (χ1n) is 6.57. The second-order valence-electron chi connectivity index (χ2n) is 4.84. The van der Waals surface area contributed by atoms with E-state index in [0.29, 0.717) is 5.39 Å². The second kappa shape index (κ2) is 4.42. The molecule has 3 heterocycles. The quantitative estimate of drug-likeness (QED) is 0.684. The van der Waals surface area contributed by atoms with Crippen LogP contribution in [-0.2, 0) is 6.54 Å². The summed E-state index contributed by atoms with van der Waals surface area (Å²) in [5.74, 6) is 0.821. The molecule has 20 heavy (non-hydrogen) atoms. The molecule has 0 fully saturated rings. The van der Waals surface area contributed by atoms with Gasteiger partial charge in [-0.25, -0.2) is 0 Å². The van der Waals surface area contributed by atoms with Gasteiger partial charge in [0.15, 0.2) is 0 Å². The Bertz CT molecular complexity index is 875. The Morgan fingerprint density at radius 1 is 1.20 bits per heavy atom. The lowest BCUT2D eigenvalue weighted by molar-refractivity contribution is 0.772. The van der Waals surface area contributed by atoms with Crippen LogP contribution < -0.4 is 5.56 Å². The monoisotopic (exact) mass is 280 g/mol. The molecule has 0 radical (unpaired) electrons. The highest BCUT2D eigenvalue weighted by Gasteiger charge is 2.20. The molecule has 1 aliphatic rings. The lowest BCUT2D eigenvalue weighted by atomic mass is 10.2. The molecule has 0 unspecified atom stereocenters. The first-order chi connectivity index (χ1) is 9.83. The summed E-state index contributed by atoms with van der Waals surface area (Å²) in [6, 6.07) is 11.8. The number of fused-ring (bicyclic) bond motifs is 3. The van der Waals surface area contributed by atoms with Crippen LogP contribution in [0.5, 0.6) is 0 Å². The molecule has 4 rings (SSSR count). The maximum atomic E-state index is 12.1. The highest BCUT2D eigenvalue weighted by atomic mass is 32.1. The van der Waals surface area contributed by atoms with Crippen molar-refractivity contribution >= 4 is 33.9 Å². The van der Waals surface area contributed by atoms with Crippen LogP contribution in [0.1, 0.15) is 17.1 Å². The van der Waals surface area contributed by atoms with Gasteiger partial charge in [-0.05, 0) is 41.6 Å². The van der Waals surface area contributed by atoms with Crippen LogP contribution in [-0.4, -0.2) is 9.55 Å². The fraction of sp³-hybridized carbons (Fsp3) is 0.125. The van der Waals surface area contributed by atoms with Crippen molar-refractivity contribution in [1.29, 1.82) is 0 Å². The van der Waals surface area contributed by atoms with Gasteiger partial charge in [-0.1, -0.05) is 18.2 Å². The summed E-state index contributed by atoms with van der Waals surface area (Å²) in [7, 11) is 0. The van der Waals surface area contributed by atoms with Crippen LogP contribution in [0, 0.1) is 0 Å². The Balaban J connectivity index is 1.97. The van der Waals surface area contributed by atoms with Crippen LogP contribution >= 0.6 is 11.3 Å². The summed E-state index contributed by atoms with van der Waals surface area (Å²) >= 11 is 1.70. The summed E-state index contributed by atoms with van der Waals surface area (Å²) in [5, 5.41) is 2.76. The number of hydrogen-bond acceptors (Lipinski definition) is 3. The third kappa shape index (κ3) is 1.72. The Kier molecular flexibility index (Phi) is 2.57. The molecule has 0 bridgehead atoms. The number of thiophene rings is 1. The number of hydrogen-bond donors (Lipinski definition) is 0. The van der Waals surface area contributed by atoms with E-state index in [2.05, 4.69) is 27.1 Å². The van der Waals surface area contributed by atoms with Crippen LogP contribution in [0.2, 0.25) is 0 Å². The molecule has 0 N–H and O–H groups in total. The highest BCUT2D eigenvalue weighted by molar-refractivity contribution is 7.10. The van der Waals surface area contributed by atoms with E-state index < -0.39 is 0 Å².